The minimum absolute atomic E-state index is 0.0243. The molecule has 7 nitrogen and oxygen atoms in total. The van der Waals surface area contributed by atoms with E-state index in [-0.39, 0.29) is 50.0 Å². The van der Waals surface area contributed by atoms with Gasteiger partial charge in [0.15, 0.2) is 5.78 Å². The minimum Gasteiger partial charge on any atom is -0.480 e. The Labute approximate surface area is 266 Å². The van der Waals surface area contributed by atoms with Crippen molar-refractivity contribution < 1.29 is 29.3 Å². The smallest absolute Gasteiger partial charge is 0.317 e. The lowest BCUT2D eigenvalue weighted by molar-refractivity contribution is -0.141. The summed E-state index contributed by atoms with van der Waals surface area (Å²) in [6.45, 7) is 16.2. The quantitative estimate of drug-likeness (QED) is 0.172. The number of carbonyl (C=O) groups is 3. The van der Waals surface area contributed by atoms with E-state index in [4.69, 9.17) is 14.9 Å². The third-order valence-electron chi connectivity index (χ3n) is 11.3. The van der Waals surface area contributed by atoms with E-state index in [1.807, 2.05) is 0 Å². The second-order valence-corrected chi connectivity index (χ2v) is 14.9. The van der Waals surface area contributed by atoms with Crippen molar-refractivity contribution >= 4 is 17.7 Å². The Kier molecular flexibility index (Phi) is 13.5. The number of ether oxygens (including phenoxy) is 1. The molecule has 44 heavy (non-hydrogen) atoms. The number of hydrogen-bond donors (Lipinski definition) is 2. The highest BCUT2D eigenvalue weighted by molar-refractivity contribution is 5.79. The van der Waals surface area contributed by atoms with Crippen molar-refractivity contribution in [3.8, 4) is 0 Å². The highest BCUT2D eigenvalue weighted by Crippen LogP contribution is 2.67. The fraction of sp³-hybridized carbons (Fsp3) is 0.757. The zero-order valence-corrected chi connectivity index (χ0v) is 28.2. The molecule has 0 bridgehead atoms. The van der Waals surface area contributed by atoms with Crippen LogP contribution in [0.2, 0.25) is 0 Å². The molecule has 3 saturated carbocycles. The van der Waals surface area contributed by atoms with Gasteiger partial charge >= 0.3 is 11.9 Å². The molecule has 0 heterocycles. The van der Waals surface area contributed by atoms with E-state index in [0.29, 0.717) is 11.8 Å². The van der Waals surface area contributed by atoms with Gasteiger partial charge in [0.05, 0.1) is 19.2 Å². The third kappa shape index (κ3) is 9.62. The van der Waals surface area contributed by atoms with Crippen molar-refractivity contribution in [3.05, 3.63) is 35.5 Å². The Morgan fingerprint density at radius 1 is 1.00 bits per heavy atom. The number of Topliss-reactive ketones (excluding diaryl/α,β-unsaturated/α-hetero) is 1. The molecule has 3 aliphatic carbocycles. The van der Waals surface area contributed by atoms with Crippen molar-refractivity contribution in [2.24, 2.45) is 28.6 Å². The number of fused-ring (bicyclic) bond motifs is 1. The summed E-state index contributed by atoms with van der Waals surface area (Å²) in [6, 6.07) is 0. The van der Waals surface area contributed by atoms with Crippen molar-refractivity contribution in [2.75, 3.05) is 26.2 Å². The van der Waals surface area contributed by atoms with Gasteiger partial charge in [0.1, 0.15) is 6.61 Å². The molecule has 2 N–H and O–H groups in total. The maximum Gasteiger partial charge on any atom is 0.317 e. The van der Waals surface area contributed by atoms with Crippen LogP contribution in [-0.4, -0.2) is 65.2 Å². The van der Waals surface area contributed by atoms with Crippen LogP contribution in [-0.2, 0) is 19.1 Å². The first-order chi connectivity index (χ1) is 20.7. The Hall–Kier alpha value is -2.25. The van der Waals surface area contributed by atoms with E-state index in [2.05, 4.69) is 53.3 Å². The SMILES string of the molecule is C=C1CC[C@H](OCC(=O)CCCN(CC(=O)O)CC(=O)O)C/C1=C/C=C1\CCC[C@]2(C)[C@@H]([C@H](C)CCCC(C)C)CC[C@@]12C. The van der Waals surface area contributed by atoms with E-state index in [1.54, 1.807) is 5.57 Å². The van der Waals surface area contributed by atoms with Crippen LogP contribution in [0.15, 0.2) is 35.5 Å². The molecule has 0 aromatic carbocycles. The van der Waals surface area contributed by atoms with Crippen LogP contribution >= 0.6 is 0 Å². The lowest BCUT2D eigenvalue weighted by atomic mass is 9.53. The van der Waals surface area contributed by atoms with Gasteiger partial charge in [0.25, 0.3) is 0 Å². The number of nitrogens with zero attached hydrogens (tertiary/aromatic N) is 1. The zero-order valence-electron chi connectivity index (χ0n) is 28.2. The van der Waals surface area contributed by atoms with E-state index >= 15 is 0 Å². The van der Waals surface area contributed by atoms with E-state index in [1.165, 1.54) is 61.8 Å². The number of ketones is 1. The molecule has 3 fully saturated rings. The molecule has 248 valence electrons. The van der Waals surface area contributed by atoms with Gasteiger partial charge < -0.3 is 14.9 Å². The maximum atomic E-state index is 12.5. The summed E-state index contributed by atoms with van der Waals surface area (Å²) in [6.07, 6.45) is 18.1. The largest absolute Gasteiger partial charge is 0.480 e. The summed E-state index contributed by atoms with van der Waals surface area (Å²) >= 11 is 0. The number of carboxylic acids is 2. The highest BCUT2D eigenvalue weighted by atomic mass is 16.5. The molecule has 5 atom stereocenters. The Morgan fingerprint density at radius 2 is 1.70 bits per heavy atom. The average Bonchev–Trinajstić information content (AvgIpc) is 3.22. The Bertz CT molecular complexity index is 1080. The van der Waals surface area contributed by atoms with Crippen LogP contribution in [0.4, 0.5) is 0 Å². The highest BCUT2D eigenvalue weighted by Gasteiger charge is 2.57. The van der Waals surface area contributed by atoms with Gasteiger partial charge in [-0.25, -0.2) is 0 Å². The lowest BCUT2D eigenvalue weighted by Crippen LogP contribution is -2.43. The summed E-state index contributed by atoms with van der Waals surface area (Å²) in [4.78, 5) is 35.8. The van der Waals surface area contributed by atoms with Gasteiger partial charge in [0, 0.05) is 6.42 Å². The molecule has 0 aromatic heterocycles. The summed E-state index contributed by atoms with van der Waals surface area (Å²) < 4.78 is 6.04. The number of hydrogen-bond acceptors (Lipinski definition) is 5. The molecule has 3 rings (SSSR count). The molecule has 0 radical (unpaired) electrons. The predicted molar refractivity (Wildman–Crippen MR) is 175 cm³/mol. The molecule has 3 aliphatic rings. The van der Waals surface area contributed by atoms with Gasteiger partial charge in [-0.15, -0.1) is 0 Å². The topological polar surface area (TPSA) is 104 Å². The summed E-state index contributed by atoms with van der Waals surface area (Å²) in [5, 5.41) is 18.0. The van der Waals surface area contributed by atoms with Crippen LogP contribution in [0.25, 0.3) is 0 Å². The van der Waals surface area contributed by atoms with Crippen LogP contribution in [0.5, 0.6) is 0 Å². The van der Waals surface area contributed by atoms with Gasteiger partial charge in [-0.3, -0.25) is 19.3 Å². The summed E-state index contributed by atoms with van der Waals surface area (Å²) in [5.74, 6) is 0.125. The van der Waals surface area contributed by atoms with Crippen LogP contribution < -0.4 is 0 Å². The Balaban J connectivity index is 1.56. The molecule has 0 aromatic rings. The number of carboxylic acid groups (broad SMARTS) is 2. The normalized spacial score (nSPS) is 29.8. The third-order valence-corrected chi connectivity index (χ3v) is 11.3. The van der Waals surface area contributed by atoms with Gasteiger partial charge in [-0.1, -0.05) is 83.8 Å². The van der Waals surface area contributed by atoms with Gasteiger partial charge in [-0.05, 0) is 98.5 Å². The van der Waals surface area contributed by atoms with Crippen molar-refractivity contribution in [3.63, 3.8) is 0 Å². The number of rotatable bonds is 17. The fourth-order valence-electron chi connectivity index (χ4n) is 8.49. The molecule has 0 unspecified atom stereocenters. The van der Waals surface area contributed by atoms with E-state index in [0.717, 1.165) is 42.6 Å². The first-order valence-electron chi connectivity index (χ1n) is 17.1. The summed E-state index contributed by atoms with van der Waals surface area (Å²) in [5.41, 5.74) is 4.58. The van der Waals surface area contributed by atoms with Crippen molar-refractivity contribution in [1.29, 1.82) is 0 Å². The molecule has 0 saturated heterocycles. The minimum atomic E-state index is -1.08. The molecule has 0 aliphatic heterocycles. The van der Waals surface area contributed by atoms with Crippen LogP contribution in [0.1, 0.15) is 118 Å². The fourth-order valence-corrected chi connectivity index (χ4v) is 8.49. The first-order valence-corrected chi connectivity index (χ1v) is 17.1. The number of aliphatic carboxylic acids is 2. The summed E-state index contributed by atoms with van der Waals surface area (Å²) in [7, 11) is 0. The lowest BCUT2D eigenvalue weighted by Gasteiger charge is -2.51. The number of allylic oxidation sites excluding steroid dienone is 4. The van der Waals surface area contributed by atoms with Crippen LogP contribution in [0, 0.1) is 28.6 Å². The molecular weight excluding hydrogens is 554 g/mol. The number of carbonyl (C=O) groups excluding carboxylic acids is 1. The van der Waals surface area contributed by atoms with Crippen molar-refractivity contribution in [2.45, 2.75) is 124 Å². The molecule has 0 spiro atoms. The average molecular weight is 614 g/mol. The monoisotopic (exact) mass is 613 g/mol. The first kappa shape index (κ1) is 36.2. The predicted octanol–water partition coefficient (Wildman–Crippen LogP) is 7.85. The molecule has 0 amide bonds. The Morgan fingerprint density at radius 3 is 2.36 bits per heavy atom. The van der Waals surface area contributed by atoms with Crippen LogP contribution in [0.3, 0.4) is 0 Å². The molecule has 7 heteroatoms. The second kappa shape index (κ2) is 16.4. The van der Waals surface area contributed by atoms with Crippen molar-refractivity contribution in [1.82, 2.24) is 4.90 Å². The zero-order chi connectivity index (χ0) is 32.5. The second-order valence-electron chi connectivity index (χ2n) is 14.9. The van der Waals surface area contributed by atoms with Gasteiger partial charge in [-0.2, -0.15) is 0 Å². The van der Waals surface area contributed by atoms with Gasteiger partial charge in [0.2, 0.25) is 0 Å². The standard InChI is InChI=1S/C37H59NO6/c1-26(2)10-7-11-28(4)33-18-20-36(5)30(12-8-19-37(33,36)6)16-15-29-22-32(17-14-27(29)3)44-25-31(39)13-9-21-38(23-34(40)41)24-35(42)43/h15-16,26,28,32-33H,3,7-14,17-25H2,1-2,4-6H3,(H,40,41)(H,42,43)/b29-15-,30-16+/t28-,32+,33-,36+,37-/m1/s1. The van der Waals surface area contributed by atoms with E-state index < -0.39 is 11.9 Å². The maximum absolute atomic E-state index is 12.5. The van der Waals surface area contributed by atoms with E-state index in [9.17, 15) is 14.4 Å². The molecular formula is C37H59NO6.